The van der Waals surface area contributed by atoms with Crippen LogP contribution in [0.2, 0.25) is 0 Å². The van der Waals surface area contributed by atoms with Crippen molar-refractivity contribution in [3.05, 3.63) is 59.7 Å². The SMILES string of the molecule is CC(C)(C)OC(=O)[C@H](CCN)NC(=O)OCC1c2ccccc2-c2ccccc21.Cl. The molecule has 0 spiro atoms. The van der Waals surface area contributed by atoms with Gasteiger partial charge >= 0.3 is 12.1 Å². The van der Waals surface area contributed by atoms with E-state index >= 15 is 0 Å². The third-order valence-corrected chi connectivity index (χ3v) is 4.78. The van der Waals surface area contributed by atoms with Gasteiger partial charge in [-0.1, -0.05) is 48.5 Å². The Labute approximate surface area is 183 Å². The number of esters is 1. The van der Waals surface area contributed by atoms with E-state index in [0.29, 0.717) is 0 Å². The molecule has 1 amide bonds. The first-order valence-electron chi connectivity index (χ1n) is 9.84. The number of amides is 1. The first-order chi connectivity index (χ1) is 13.8. The van der Waals surface area contributed by atoms with Crippen molar-refractivity contribution in [3.63, 3.8) is 0 Å². The largest absolute Gasteiger partial charge is 0.458 e. The summed E-state index contributed by atoms with van der Waals surface area (Å²) < 4.78 is 10.9. The molecule has 0 saturated carbocycles. The number of hydrogen-bond acceptors (Lipinski definition) is 5. The number of benzene rings is 2. The number of carbonyl (C=O) groups excluding carboxylic acids is 2. The van der Waals surface area contributed by atoms with E-state index in [9.17, 15) is 9.59 Å². The molecule has 7 heteroatoms. The molecule has 0 heterocycles. The van der Waals surface area contributed by atoms with Gasteiger partial charge in [-0.25, -0.2) is 9.59 Å². The van der Waals surface area contributed by atoms with E-state index in [1.54, 1.807) is 20.8 Å². The lowest BCUT2D eigenvalue weighted by molar-refractivity contribution is -0.157. The highest BCUT2D eigenvalue weighted by molar-refractivity contribution is 5.85. The fraction of sp³-hybridized carbons (Fsp3) is 0.391. The molecule has 0 aliphatic heterocycles. The van der Waals surface area contributed by atoms with Gasteiger partial charge in [0.25, 0.3) is 0 Å². The molecule has 0 saturated heterocycles. The minimum absolute atomic E-state index is 0. The summed E-state index contributed by atoms with van der Waals surface area (Å²) in [6, 6.07) is 15.4. The van der Waals surface area contributed by atoms with E-state index in [1.807, 2.05) is 24.3 Å². The molecule has 1 aliphatic rings. The van der Waals surface area contributed by atoms with Crippen molar-refractivity contribution in [2.75, 3.05) is 13.2 Å². The number of nitrogens with one attached hydrogen (secondary N) is 1. The Bertz CT molecular complexity index is 849. The Morgan fingerprint density at radius 3 is 2.07 bits per heavy atom. The van der Waals surface area contributed by atoms with Crippen molar-refractivity contribution < 1.29 is 19.1 Å². The maximum absolute atomic E-state index is 12.4. The summed E-state index contributed by atoms with van der Waals surface area (Å²) in [5.41, 5.74) is 9.52. The molecule has 3 rings (SSSR count). The molecule has 1 atom stereocenters. The minimum atomic E-state index is -0.838. The number of rotatable bonds is 6. The minimum Gasteiger partial charge on any atom is -0.458 e. The molecule has 0 bridgehead atoms. The van der Waals surface area contributed by atoms with Crippen molar-refractivity contribution in [1.82, 2.24) is 5.32 Å². The van der Waals surface area contributed by atoms with Gasteiger partial charge in [0, 0.05) is 5.92 Å². The van der Waals surface area contributed by atoms with Crippen LogP contribution in [0, 0.1) is 0 Å². The van der Waals surface area contributed by atoms with Gasteiger partial charge in [-0.15, -0.1) is 12.4 Å². The Morgan fingerprint density at radius 2 is 1.57 bits per heavy atom. The van der Waals surface area contributed by atoms with Crippen LogP contribution in [0.25, 0.3) is 11.1 Å². The average molecular weight is 433 g/mol. The second-order valence-electron chi connectivity index (χ2n) is 8.13. The van der Waals surface area contributed by atoms with Gasteiger partial charge in [-0.3, -0.25) is 0 Å². The van der Waals surface area contributed by atoms with Crippen molar-refractivity contribution >= 4 is 24.5 Å². The maximum atomic E-state index is 12.4. The van der Waals surface area contributed by atoms with Crippen LogP contribution in [0.5, 0.6) is 0 Å². The quantitative estimate of drug-likeness (QED) is 0.673. The number of ether oxygens (including phenoxy) is 2. The average Bonchev–Trinajstić information content (AvgIpc) is 2.99. The van der Waals surface area contributed by atoms with E-state index in [0.717, 1.165) is 22.3 Å². The van der Waals surface area contributed by atoms with Gasteiger partial charge in [-0.05, 0) is 56.0 Å². The van der Waals surface area contributed by atoms with Gasteiger partial charge in [0.05, 0.1) is 0 Å². The smallest absolute Gasteiger partial charge is 0.407 e. The van der Waals surface area contributed by atoms with Crippen molar-refractivity contribution in [3.8, 4) is 11.1 Å². The van der Waals surface area contributed by atoms with Crippen molar-refractivity contribution in [1.29, 1.82) is 0 Å². The second kappa shape index (κ2) is 9.96. The van der Waals surface area contributed by atoms with Crippen molar-refractivity contribution in [2.45, 2.75) is 44.8 Å². The third-order valence-electron chi connectivity index (χ3n) is 4.78. The Hall–Kier alpha value is -2.57. The fourth-order valence-corrected chi connectivity index (χ4v) is 3.57. The lowest BCUT2D eigenvalue weighted by Crippen LogP contribution is -2.45. The third kappa shape index (κ3) is 5.52. The van der Waals surface area contributed by atoms with Crippen LogP contribution in [0.1, 0.15) is 44.2 Å². The van der Waals surface area contributed by atoms with E-state index in [2.05, 4.69) is 29.6 Å². The fourth-order valence-electron chi connectivity index (χ4n) is 3.57. The van der Waals surface area contributed by atoms with Crippen LogP contribution in [0.15, 0.2) is 48.5 Å². The van der Waals surface area contributed by atoms with Crippen LogP contribution in [-0.2, 0) is 14.3 Å². The molecular weight excluding hydrogens is 404 g/mol. The molecule has 0 aromatic heterocycles. The topological polar surface area (TPSA) is 90.6 Å². The molecule has 2 aromatic carbocycles. The van der Waals surface area contributed by atoms with E-state index < -0.39 is 23.7 Å². The zero-order valence-electron chi connectivity index (χ0n) is 17.5. The molecule has 3 N–H and O–H groups in total. The van der Waals surface area contributed by atoms with Gasteiger partial charge in [-0.2, -0.15) is 0 Å². The van der Waals surface area contributed by atoms with Crippen LogP contribution < -0.4 is 11.1 Å². The first kappa shape index (κ1) is 23.7. The lowest BCUT2D eigenvalue weighted by atomic mass is 9.98. The van der Waals surface area contributed by atoms with E-state index in [-0.39, 0.29) is 37.9 Å². The molecule has 1 aliphatic carbocycles. The summed E-state index contributed by atoms with van der Waals surface area (Å²) >= 11 is 0. The first-order valence-corrected chi connectivity index (χ1v) is 9.84. The van der Waals surface area contributed by atoms with E-state index in [1.165, 1.54) is 0 Å². The summed E-state index contributed by atoms with van der Waals surface area (Å²) in [5.74, 6) is -0.556. The van der Waals surface area contributed by atoms with Crippen LogP contribution in [-0.4, -0.2) is 36.9 Å². The molecular formula is C23H29ClN2O4. The number of fused-ring (bicyclic) bond motifs is 3. The van der Waals surface area contributed by atoms with Crippen LogP contribution >= 0.6 is 12.4 Å². The zero-order valence-corrected chi connectivity index (χ0v) is 18.3. The molecule has 30 heavy (non-hydrogen) atoms. The molecule has 2 aromatic rings. The highest BCUT2D eigenvalue weighted by atomic mass is 35.5. The Morgan fingerprint density at radius 1 is 1.03 bits per heavy atom. The van der Waals surface area contributed by atoms with Crippen LogP contribution in [0.4, 0.5) is 4.79 Å². The normalized spacial score (nSPS) is 13.5. The Balaban J connectivity index is 0.00000320. The molecule has 0 radical (unpaired) electrons. The zero-order chi connectivity index (χ0) is 21.0. The number of carbonyl (C=O) groups is 2. The predicted molar refractivity (Wildman–Crippen MR) is 119 cm³/mol. The number of halogens is 1. The van der Waals surface area contributed by atoms with E-state index in [4.69, 9.17) is 15.2 Å². The highest BCUT2D eigenvalue weighted by Crippen LogP contribution is 2.44. The summed E-state index contributed by atoms with van der Waals surface area (Å²) in [4.78, 5) is 24.7. The van der Waals surface area contributed by atoms with Gasteiger partial charge in [0.1, 0.15) is 18.2 Å². The molecule has 162 valence electrons. The molecule has 6 nitrogen and oxygen atoms in total. The molecule has 0 fully saturated rings. The summed E-state index contributed by atoms with van der Waals surface area (Å²) in [6.07, 6.45) is -0.379. The van der Waals surface area contributed by atoms with Gasteiger partial charge < -0.3 is 20.5 Å². The highest BCUT2D eigenvalue weighted by Gasteiger charge is 2.30. The second-order valence-corrected chi connectivity index (χ2v) is 8.13. The number of nitrogens with two attached hydrogens (primary N) is 1. The standard InChI is InChI=1S/C23H28N2O4.ClH/c1-23(2,3)29-21(26)20(12-13-24)25-22(27)28-14-19-17-10-6-4-8-15(17)16-9-5-7-11-18(16)19;/h4-11,19-20H,12-14,24H2,1-3H3,(H,25,27);1H/t20-;/m0./s1. The van der Waals surface area contributed by atoms with Gasteiger partial charge in [0.15, 0.2) is 0 Å². The van der Waals surface area contributed by atoms with Gasteiger partial charge in [0.2, 0.25) is 0 Å². The summed E-state index contributed by atoms with van der Waals surface area (Å²) in [5, 5.41) is 2.60. The maximum Gasteiger partial charge on any atom is 0.407 e. The Kier molecular flexibility index (Phi) is 7.87. The summed E-state index contributed by atoms with van der Waals surface area (Å²) in [6.45, 7) is 5.75. The van der Waals surface area contributed by atoms with Crippen molar-refractivity contribution in [2.24, 2.45) is 5.73 Å². The predicted octanol–water partition coefficient (Wildman–Crippen LogP) is 4.01. The van der Waals surface area contributed by atoms with Crippen LogP contribution in [0.3, 0.4) is 0 Å². The monoisotopic (exact) mass is 432 g/mol. The molecule has 0 unspecified atom stereocenters. The number of hydrogen-bond donors (Lipinski definition) is 2. The lowest BCUT2D eigenvalue weighted by Gasteiger charge is -2.24. The summed E-state index contributed by atoms with van der Waals surface area (Å²) in [7, 11) is 0. The number of alkyl carbamates (subject to hydrolysis) is 1.